The smallest absolute Gasteiger partial charge is 0.399 e. The van der Waals surface area contributed by atoms with Crippen LogP contribution in [0.4, 0.5) is 0 Å². The molecule has 2 aromatic rings. The summed E-state index contributed by atoms with van der Waals surface area (Å²) in [6, 6.07) is 0. The molecule has 0 aromatic carbocycles. The predicted molar refractivity (Wildman–Crippen MR) is 84.3 cm³/mol. The monoisotopic (exact) mass is 300 g/mol. The third-order valence-electron chi connectivity index (χ3n) is 4.60. The fourth-order valence-electron chi connectivity index (χ4n) is 2.58. The maximum absolute atomic E-state index is 6.15. The first kappa shape index (κ1) is 15.2. The lowest BCUT2D eigenvalue weighted by Crippen LogP contribution is -2.41. The first-order valence-corrected chi connectivity index (χ1v) is 7.41. The highest BCUT2D eigenvalue weighted by atomic mass is 16.7. The van der Waals surface area contributed by atoms with E-state index in [9.17, 15) is 0 Å². The highest BCUT2D eigenvalue weighted by molar-refractivity contribution is 6.63. The summed E-state index contributed by atoms with van der Waals surface area (Å²) in [5, 5.41) is 4.57. The Labute approximate surface area is 131 Å². The molecular formula is C15H21BN4O2. The van der Waals surface area contributed by atoms with Gasteiger partial charge in [0.1, 0.15) is 0 Å². The number of aryl methyl sites for hydroxylation is 1. The minimum absolute atomic E-state index is 0.370. The molecule has 0 bridgehead atoms. The Balaban J connectivity index is 2.02. The molecule has 1 aliphatic rings. The Morgan fingerprint density at radius 3 is 2.23 bits per heavy atom. The van der Waals surface area contributed by atoms with Gasteiger partial charge < -0.3 is 9.31 Å². The van der Waals surface area contributed by atoms with Crippen molar-refractivity contribution in [3.05, 3.63) is 30.0 Å². The van der Waals surface area contributed by atoms with Crippen molar-refractivity contribution in [3.63, 3.8) is 0 Å². The molecule has 0 amide bonds. The second-order valence-corrected chi connectivity index (χ2v) is 6.65. The summed E-state index contributed by atoms with van der Waals surface area (Å²) < 4.78 is 14.1. The second-order valence-electron chi connectivity index (χ2n) is 6.65. The number of nitrogens with zero attached hydrogens (tertiary/aromatic N) is 4. The van der Waals surface area contributed by atoms with Gasteiger partial charge >= 0.3 is 7.12 Å². The zero-order valence-corrected chi connectivity index (χ0v) is 13.9. The van der Waals surface area contributed by atoms with E-state index in [0.717, 1.165) is 16.9 Å². The fraction of sp³-hybridized carbons (Fsp3) is 0.533. The maximum atomic E-state index is 6.15. The van der Waals surface area contributed by atoms with E-state index in [1.165, 1.54) is 0 Å². The summed E-state index contributed by atoms with van der Waals surface area (Å²) in [5.74, 6) is 0.686. The molecule has 1 saturated heterocycles. The molecule has 3 heterocycles. The Morgan fingerprint density at radius 2 is 1.68 bits per heavy atom. The summed E-state index contributed by atoms with van der Waals surface area (Å²) in [4.78, 5) is 8.40. The number of aromatic nitrogens is 4. The first-order valence-electron chi connectivity index (χ1n) is 7.41. The quantitative estimate of drug-likeness (QED) is 0.788. The lowest BCUT2D eigenvalue weighted by atomic mass is 9.77. The Kier molecular flexibility index (Phi) is 3.38. The molecule has 0 atom stereocenters. The molecule has 0 radical (unpaired) electrons. The molecular weight excluding hydrogens is 279 g/mol. The average molecular weight is 300 g/mol. The third kappa shape index (κ3) is 2.25. The lowest BCUT2D eigenvalue weighted by Gasteiger charge is -2.32. The van der Waals surface area contributed by atoms with E-state index in [-0.39, 0.29) is 11.2 Å². The van der Waals surface area contributed by atoms with E-state index < -0.39 is 7.12 Å². The predicted octanol–water partition coefficient (Wildman–Crippen LogP) is 1.58. The first-order chi connectivity index (χ1) is 10.2. The van der Waals surface area contributed by atoms with Crippen LogP contribution < -0.4 is 5.46 Å². The van der Waals surface area contributed by atoms with Gasteiger partial charge in [-0.3, -0.25) is 4.98 Å². The zero-order valence-electron chi connectivity index (χ0n) is 13.9. The van der Waals surface area contributed by atoms with Crippen LogP contribution in [0.2, 0.25) is 0 Å². The van der Waals surface area contributed by atoms with Gasteiger partial charge in [-0.1, -0.05) is 0 Å². The van der Waals surface area contributed by atoms with Gasteiger partial charge in [-0.2, -0.15) is 5.10 Å². The molecule has 2 aromatic heterocycles. The van der Waals surface area contributed by atoms with E-state index in [4.69, 9.17) is 9.31 Å². The Bertz CT molecular complexity index is 681. The van der Waals surface area contributed by atoms with Crippen LogP contribution in [-0.2, 0) is 9.31 Å². The van der Waals surface area contributed by atoms with Crippen molar-refractivity contribution in [2.24, 2.45) is 0 Å². The molecule has 1 fully saturated rings. The molecule has 0 aliphatic carbocycles. The summed E-state index contributed by atoms with van der Waals surface area (Å²) in [6.07, 6.45) is 4.98. The molecule has 0 N–H and O–H groups in total. The Hall–Kier alpha value is -1.73. The normalized spacial score (nSPS) is 19.6. The van der Waals surface area contributed by atoms with Crippen LogP contribution in [0.3, 0.4) is 0 Å². The number of rotatable bonds is 2. The van der Waals surface area contributed by atoms with E-state index >= 15 is 0 Å². The summed E-state index contributed by atoms with van der Waals surface area (Å²) in [5.41, 5.74) is 2.05. The molecule has 1 aliphatic heterocycles. The van der Waals surface area contributed by atoms with E-state index in [0.29, 0.717) is 5.82 Å². The molecule has 6 nitrogen and oxygen atoms in total. The number of hydrogen-bond acceptors (Lipinski definition) is 5. The van der Waals surface area contributed by atoms with Gasteiger partial charge in [0.2, 0.25) is 0 Å². The minimum Gasteiger partial charge on any atom is -0.399 e. The standard InChI is InChI=1S/C15H21BN4O2/c1-10-13(16-21-14(3,4)15(5,6)22-16)11(2)20(19-10)12-9-17-7-8-18-12/h7-9H,1-6H3. The molecule has 0 spiro atoms. The molecule has 116 valence electrons. The van der Waals surface area contributed by atoms with Crippen molar-refractivity contribution in [2.45, 2.75) is 52.7 Å². The third-order valence-corrected chi connectivity index (χ3v) is 4.60. The molecule has 0 saturated carbocycles. The molecule has 3 rings (SSSR count). The van der Waals surface area contributed by atoms with Gasteiger partial charge in [0.05, 0.1) is 23.1 Å². The van der Waals surface area contributed by atoms with Crippen molar-refractivity contribution < 1.29 is 9.31 Å². The van der Waals surface area contributed by atoms with Gasteiger partial charge in [-0.05, 0) is 41.5 Å². The fourth-order valence-corrected chi connectivity index (χ4v) is 2.58. The maximum Gasteiger partial charge on any atom is 0.498 e. The van der Waals surface area contributed by atoms with Crippen LogP contribution in [-0.4, -0.2) is 38.1 Å². The Morgan fingerprint density at radius 1 is 1.05 bits per heavy atom. The van der Waals surface area contributed by atoms with Crippen molar-refractivity contribution in [1.82, 2.24) is 19.7 Å². The van der Waals surface area contributed by atoms with Gasteiger partial charge in [-0.15, -0.1) is 0 Å². The van der Waals surface area contributed by atoms with Crippen molar-refractivity contribution in [2.75, 3.05) is 0 Å². The van der Waals surface area contributed by atoms with Crippen LogP contribution in [0.5, 0.6) is 0 Å². The number of hydrogen-bond donors (Lipinski definition) is 0. The molecule has 22 heavy (non-hydrogen) atoms. The van der Waals surface area contributed by atoms with Crippen LogP contribution in [0.15, 0.2) is 18.6 Å². The largest absolute Gasteiger partial charge is 0.498 e. The minimum atomic E-state index is -0.421. The summed E-state index contributed by atoms with van der Waals surface area (Å²) in [6.45, 7) is 12.1. The highest BCUT2D eigenvalue weighted by Gasteiger charge is 2.53. The van der Waals surface area contributed by atoms with E-state index in [1.54, 1.807) is 23.3 Å². The average Bonchev–Trinajstić information content (AvgIpc) is 2.84. The van der Waals surface area contributed by atoms with Crippen LogP contribution in [0.1, 0.15) is 39.1 Å². The van der Waals surface area contributed by atoms with Gasteiger partial charge in [0.25, 0.3) is 0 Å². The van der Waals surface area contributed by atoms with Crippen LogP contribution in [0, 0.1) is 13.8 Å². The van der Waals surface area contributed by atoms with Crippen LogP contribution >= 0.6 is 0 Å². The van der Waals surface area contributed by atoms with Crippen molar-refractivity contribution in [3.8, 4) is 5.82 Å². The summed E-state index contributed by atoms with van der Waals surface area (Å²) in [7, 11) is -0.421. The van der Waals surface area contributed by atoms with E-state index in [1.807, 2.05) is 41.5 Å². The highest BCUT2D eigenvalue weighted by Crippen LogP contribution is 2.36. The van der Waals surface area contributed by atoms with Gasteiger partial charge in [0.15, 0.2) is 5.82 Å². The summed E-state index contributed by atoms with van der Waals surface area (Å²) >= 11 is 0. The van der Waals surface area contributed by atoms with Crippen LogP contribution in [0.25, 0.3) is 5.82 Å². The SMILES string of the molecule is Cc1nn(-c2cnccn2)c(C)c1B1OC(C)(C)C(C)(C)O1. The zero-order chi connectivity index (χ0) is 16.1. The topological polar surface area (TPSA) is 62.1 Å². The van der Waals surface area contributed by atoms with E-state index in [2.05, 4.69) is 15.1 Å². The van der Waals surface area contributed by atoms with Gasteiger partial charge in [0, 0.05) is 23.6 Å². The lowest BCUT2D eigenvalue weighted by molar-refractivity contribution is 0.00578. The molecule has 7 heteroatoms. The van der Waals surface area contributed by atoms with Crippen molar-refractivity contribution in [1.29, 1.82) is 0 Å². The molecule has 0 unspecified atom stereocenters. The second kappa shape index (κ2) is 4.89. The van der Waals surface area contributed by atoms with Crippen molar-refractivity contribution >= 4 is 12.6 Å². The van der Waals surface area contributed by atoms with Gasteiger partial charge in [-0.25, -0.2) is 9.67 Å².